The average molecular weight is 296 g/mol. The highest BCUT2D eigenvalue weighted by molar-refractivity contribution is 5.82. The van der Waals surface area contributed by atoms with Crippen LogP contribution in [0.3, 0.4) is 0 Å². The number of rotatable bonds is 2. The van der Waals surface area contributed by atoms with Gasteiger partial charge in [-0.15, -0.1) is 0 Å². The molecule has 0 N–H and O–H groups in total. The summed E-state index contributed by atoms with van der Waals surface area (Å²) in [5.41, 5.74) is 1.78. The topological polar surface area (TPSA) is 43.6 Å². The van der Waals surface area contributed by atoms with Gasteiger partial charge in [-0.1, -0.05) is 24.3 Å². The van der Waals surface area contributed by atoms with Crippen LogP contribution in [-0.2, 0) is 6.42 Å². The highest BCUT2D eigenvalue weighted by Crippen LogP contribution is 2.27. The first-order valence-corrected chi connectivity index (χ1v) is 7.61. The molecular formula is C18H20N2O2. The summed E-state index contributed by atoms with van der Waals surface area (Å²) in [7, 11) is 0. The van der Waals surface area contributed by atoms with Gasteiger partial charge < -0.3 is 4.74 Å². The fourth-order valence-electron chi connectivity index (χ4n) is 2.67. The van der Waals surface area contributed by atoms with Gasteiger partial charge in [0.15, 0.2) is 0 Å². The number of hydrogen-bond donors (Lipinski definition) is 0. The molecule has 0 radical (unpaired) electrons. The molecule has 1 aromatic heterocycles. The lowest BCUT2D eigenvalue weighted by atomic mass is 9.96. The summed E-state index contributed by atoms with van der Waals surface area (Å²) in [6, 6.07) is 13.7. The van der Waals surface area contributed by atoms with Gasteiger partial charge in [0.1, 0.15) is 17.8 Å². The van der Waals surface area contributed by atoms with Crippen LogP contribution in [0.15, 0.2) is 53.7 Å². The van der Waals surface area contributed by atoms with Crippen molar-refractivity contribution in [2.45, 2.75) is 26.3 Å². The van der Waals surface area contributed by atoms with Crippen LogP contribution in [0.25, 0.3) is 0 Å². The Morgan fingerprint density at radius 1 is 1.23 bits per heavy atom. The number of ether oxygens (including phenoxy) is 1. The third kappa shape index (κ3) is 2.96. The molecule has 0 amide bonds. The zero-order valence-corrected chi connectivity index (χ0v) is 12.9. The third-order valence-electron chi connectivity index (χ3n) is 3.69. The molecule has 1 aliphatic rings. The van der Waals surface area contributed by atoms with Crippen molar-refractivity contribution in [3.8, 4) is 5.75 Å². The van der Waals surface area contributed by atoms with Crippen molar-refractivity contribution in [2.75, 3.05) is 6.61 Å². The molecule has 0 fully saturated rings. The summed E-state index contributed by atoms with van der Waals surface area (Å²) in [5, 5.41) is 0. The van der Waals surface area contributed by atoms with Gasteiger partial charge in [-0.25, -0.2) is 0 Å². The van der Waals surface area contributed by atoms with E-state index in [1.54, 1.807) is 10.8 Å². The lowest BCUT2D eigenvalue weighted by Crippen LogP contribution is -2.37. The Morgan fingerprint density at radius 3 is 2.82 bits per heavy atom. The number of carbonyl (C=O) groups excluding carboxylic acids is 1. The van der Waals surface area contributed by atoms with Crippen LogP contribution in [-0.4, -0.2) is 23.1 Å². The molecule has 1 atom stereocenters. The molecule has 1 unspecified atom stereocenters. The van der Waals surface area contributed by atoms with Gasteiger partial charge >= 0.3 is 0 Å². The molecular weight excluding hydrogens is 276 g/mol. The molecule has 0 spiro atoms. The first-order valence-electron chi connectivity index (χ1n) is 7.61. The van der Waals surface area contributed by atoms with E-state index < -0.39 is 0 Å². The minimum Gasteiger partial charge on any atom is -0.492 e. The minimum absolute atomic E-state index is 0.0366. The maximum absolute atomic E-state index is 12.8. The molecule has 0 aliphatic carbocycles. The van der Waals surface area contributed by atoms with Crippen LogP contribution in [0.2, 0.25) is 0 Å². The Hall–Kier alpha value is -2.36. The Bertz CT molecular complexity index is 747. The smallest absolute Gasteiger partial charge is 0.239 e. The quantitative estimate of drug-likeness (QED) is 0.855. The second kappa shape index (κ2) is 6.18. The summed E-state index contributed by atoms with van der Waals surface area (Å²) in [6.45, 7) is 4.42. The van der Waals surface area contributed by atoms with Crippen LogP contribution in [0.1, 0.15) is 24.2 Å². The van der Waals surface area contributed by atoms with Crippen molar-refractivity contribution in [3.63, 3.8) is 0 Å². The summed E-state index contributed by atoms with van der Waals surface area (Å²) in [5.74, 6) is 0.745. The highest BCUT2D eigenvalue weighted by atomic mass is 16.5. The monoisotopic (exact) mass is 296 g/mol. The molecule has 4 heteroatoms. The van der Waals surface area contributed by atoms with Gasteiger partial charge in [-0.2, -0.15) is 0 Å². The van der Waals surface area contributed by atoms with Crippen LogP contribution < -0.4 is 10.2 Å². The number of carbonyl (C=O) groups is 1. The summed E-state index contributed by atoms with van der Waals surface area (Å²) in [6.07, 6.45) is 2.49. The molecule has 1 aromatic carbocycles. The average Bonchev–Trinajstić information content (AvgIpc) is 2.54. The van der Waals surface area contributed by atoms with Crippen LogP contribution in [0.4, 0.5) is 0 Å². The second-order valence-electron chi connectivity index (χ2n) is 5.81. The fourth-order valence-corrected chi connectivity index (χ4v) is 2.67. The molecule has 2 heterocycles. The van der Waals surface area contributed by atoms with E-state index in [1.165, 1.54) is 0 Å². The molecule has 3 rings (SSSR count). The molecule has 22 heavy (non-hydrogen) atoms. The van der Waals surface area contributed by atoms with E-state index >= 15 is 0 Å². The normalized spacial score (nSPS) is 18.0. The first-order chi connectivity index (χ1) is 10.6. The predicted octanol–water partition coefficient (Wildman–Crippen LogP) is 2.69. The van der Waals surface area contributed by atoms with Crippen molar-refractivity contribution < 1.29 is 9.53 Å². The fraction of sp³-hybridized carbons (Fsp3) is 0.333. The van der Waals surface area contributed by atoms with Gasteiger partial charge in [0.2, 0.25) is 5.91 Å². The van der Waals surface area contributed by atoms with Gasteiger partial charge in [-0.3, -0.25) is 14.4 Å². The van der Waals surface area contributed by atoms with Gasteiger partial charge in [0.25, 0.3) is 0 Å². The number of para-hydroxylation sites is 1. The minimum atomic E-state index is -0.177. The molecule has 4 nitrogen and oxygen atoms in total. The van der Waals surface area contributed by atoms with Gasteiger partial charge in [0, 0.05) is 12.2 Å². The Kier molecular flexibility index (Phi) is 4.09. The SMILES string of the molecule is CC(C)N=c1ccccn1C(=O)C1COc2ccccc2C1. The Morgan fingerprint density at radius 2 is 2.00 bits per heavy atom. The van der Waals surface area contributed by atoms with E-state index in [0.29, 0.717) is 18.5 Å². The number of fused-ring (bicyclic) bond motifs is 1. The standard InChI is InChI=1S/C18H20N2O2/c1-13(2)19-17-9-5-6-10-20(17)18(21)15-11-14-7-3-4-8-16(14)22-12-15/h3-10,13,15H,11-12H2,1-2H3. The molecule has 114 valence electrons. The second-order valence-corrected chi connectivity index (χ2v) is 5.81. The summed E-state index contributed by atoms with van der Waals surface area (Å²) in [4.78, 5) is 17.4. The number of pyridine rings is 1. The van der Waals surface area contributed by atoms with Crippen LogP contribution >= 0.6 is 0 Å². The maximum Gasteiger partial charge on any atom is 0.239 e. The van der Waals surface area contributed by atoms with E-state index in [0.717, 1.165) is 11.3 Å². The van der Waals surface area contributed by atoms with Crippen molar-refractivity contribution >= 4 is 5.91 Å². The predicted molar refractivity (Wildman–Crippen MR) is 84.9 cm³/mol. The van der Waals surface area contributed by atoms with E-state index in [4.69, 9.17) is 4.74 Å². The molecule has 1 aliphatic heterocycles. The lowest BCUT2D eigenvalue weighted by Gasteiger charge is -2.24. The number of hydrogen-bond acceptors (Lipinski definition) is 3. The summed E-state index contributed by atoms with van der Waals surface area (Å²) >= 11 is 0. The zero-order chi connectivity index (χ0) is 15.5. The van der Waals surface area contributed by atoms with Gasteiger partial charge in [-0.05, 0) is 44.0 Å². The zero-order valence-electron chi connectivity index (χ0n) is 12.9. The maximum atomic E-state index is 12.8. The number of aromatic nitrogens is 1. The highest BCUT2D eigenvalue weighted by Gasteiger charge is 2.26. The van der Waals surface area contributed by atoms with Gasteiger partial charge in [0.05, 0.1) is 5.92 Å². The Labute approximate surface area is 130 Å². The van der Waals surface area contributed by atoms with Crippen molar-refractivity contribution in [1.29, 1.82) is 0 Å². The lowest BCUT2D eigenvalue weighted by molar-refractivity contribution is 0.0760. The van der Waals surface area contributed by atoms with E-state index in [9.17, 15) is 4.79 Å². The van der Waals surface area contributed by atoms with E-state index in [2.05, 4.69) is 4.99 Å². The van der Waals surface area contributed by atoms with E-state index in [-0.39, 0.29) is 17.9 Å². The number of nitrogens with zero attached hydrogens (tertiary/aromatic N) is 2. The van der Waals surface area contributed by atoms with Crippen LogP contribution in [0, 0.1) is 5.92 Å². The molecule has 0 bridgehead atoms. The van der Waals surface area contributed by atoms with Crippen molar-refractivity contribution in [3.05, 3.63) is 59.7 Å². The molecule has 2 aromatic rings. The largest absolute Gasteiger partial charge is 0.492 e. The third-order valence-corrected chi connectivity index (χ3v) is 3.69. The van der Waals surface area contributed by atoms with Crippen LogP contribution in [0.5, 0.6) is 5.75 Å². The van der Waals surface area contributed by atoms with Crippen molar-refractivity contribution in [2.24, 2.45) is 10.9 Å². The first kappa shape index (κ1) is 14.6. The number of benzene rings is 1. The Balaban J connectivity index is 1.90. The van der Waals surface area contributed by atoms with E-state index in [1.807, 2.05) is 56.3 Å². The molecule has 0 saturated carbocycles. The van der Waals surface area contributed by atoms with Crippen molar-refractivity contribution in [1.82, 2.24) is 4.57 Å². The summed E-state index contributed by atoms with van der Waals surface area (Å²) < 4.78 is 7.38. The molecule has 0 saturated heterocycles.